The number of urea groups is 1. The molecule has 0 saturated heterocycles. The highest BCUT2D eigenvalue weighted by atomic mass is 32.1. The zero-order valence-corrected chi connectivity index (χ0v) is 18.4. The Labute approximate surface area is 189 Å². The molecule has 4 aromatic rings. The zero-order chi connectivity index (χ0) is 22.5. The highest BCUT2D eigenvalue weighted by Crippen LogP contribution is 2.26. The van der Waals surface area contributed by atoms with Gasteiger partial charge in [0.25, 0.3) is 5.91 Å². The maximum absolute atomic E-state index is 13.0. The molecule has 2 aromatic carbocycles. The molecule has 0 spiro atoms. The molecular weight excluding hydrogens is 424 g/mol. The first kappa shape index (κ1) is 21.3. The quantitative estimate of drug-likeness (QED) is 0.397. The van der Waals surface area contributed by atoms with Crippen LogP contribution in [0.25, 0.3) is 16.4 Å². The molecular formula is C23H22N6O2S. The first-order chi connectivity index (χ1) is 15.5. The molecule has 0 atom stereocenters. The van der Waals surface area contributed by atoms with Crippen LogP contribution in [0.1, 0.15) is 24.5 Å². The number of para-hydroxylation sites is 3. The van der Waals surface area contributed by atoms with Crippen LogP contribution >= 0.6 is 11.3 Å². The fraction of sp³-hybridized carbons (Fsp3) is 0.130. The normalized spacial score (nSPS) is 10.7. The Kier molecular flexibility index (Phi) is 6.27. The molecule has 2 heterocycles. The number of thiophene rings is 1. The average Bonchev–Trinajstić information content (AvgIpc) is 3.45. The Bertz CT molecular complexity index is 1220. The number of aromatic nitrogens is 3. The van der Waals surface area contributed by atoms with E-state index in [0.717, 1.165) is 10.6 Å². The van der Waals surface area contributed by atoms with Crippen LogP contribution in [0.5, 0.6) is 0 Å². The lowest BCUT2D eigenvalue weighted by Gasteiger charge is -2.13. The SMILES string of the molecule is CC(C)NC(=O)Nc1ccccc1NC(=O)c1nc(-c2cccs2)n(-c2ccccc2)n1. The molecule has 0 aliphatic rings. The van der Waals surface area contributed by atoms with Crippen LogP contribution in [0.2, 0.25) is 0 Å². The molecule has 0 fully saturated rings. The molecule has 2 aromatic heterocycles. The van der Waals surface area contributed by atoms with Gasteiger partial charge in [-0.15, -0.1) is 16.4 Å². The van der Waals surface area contributed by atoms with Crippen molar-refractivity contribution in [1.82, 2.24) is 20.1 Å². The van der Waals surface area contributed by atoms with Crippen molar-refractivity contribution >= 4 is 34.6 Å². The number of anilines is 2. The minimum Gasteiger partial charge on any atom is -0.336 e. The van der Waals surface area contributed by atoms with Gasteiger partial charge in [0, 0.05) is 6.04 Å². The molecule has 8 nitrogen and oxygen atoms in total. The number of hydrogen-bond donors (Lipinski definition) is 3. The summed E-state index contributed by atoms with van der Waals surface area (Å²) in [5, 5.41) is 14.7. The molecule has 0 radical (unpaired) electrons. The third kappa shape index (κ3) is 4.84. The number of rotatable bonds is 6. The second-order valence-corrected chi connectivity index (χ2v) is 8.18. The largest absolute Gasteiger partial charge is 0.336 e. The molecule has 3 amide bonds. The predicted octanol–water partition coefficient (Wildman–Crippen LogP) is 4.78. The number of hydrogen-bond acceptors (Lipinski definition) is 5. The Morgan fingerprint density at radius 1 is 0.906 bits per heavy atom. The minimum atomic E-state index is -0.476. The standard InChI is InChI=1S/C23H22N6O2S/c1-15(2)24-23(31)26-18-12-7-6-11-17(18)25-22(30)20-27-21(19-13-8-14-32-19)29(28-20)16-9-4-3-5-10-16/h3-15H,1-2H3,(H,25,30)(H2,24,26,31). The molecule has 0 saturated carbocycles. The van der Waals surface area contributed by atoms with Crippen LogP contribution in [0.4, 0.5) is 16.2 Å². The van der Waals surface area contributed by atoms with Crippen molar-refractivity contribution in [1.29, 1.82) is 0 Å². The molecule has 32 heavy (non-hydrogen) atoms. The van der Waals surface area contributed by atoms with Crippen LogP contribution < -0.4 is 16.0 Å². The highest BCUT2D eigenvalue weighted by molar-refractivity contribution is 7.13. The van der Waals surface area contributed by atoms with Crippen molar-refractivity contribution in [2.45, 2.75) is 19.9 Å². The summed E-state index contributed by atoms with van der Waals surface area (Å²) in [7, 11) is 0. The molecule has 4 rings (SSSR count). The van der Waals surface area contributed by atoms with E-state index in [1.165, 1.54) is 11.3 Å². The predicted molar refractivity (Wildman–Crippen MR) is 126 cm³/mol. The average molecular weight is 447 g/mol. The van der Waals surface area contributed by atoms with Crippen LogP contribution in [-0.4, -0.2) is 32.7 Å². The number of amides is 3. The third-order valence-electron chi connectivity index (χ3n) is 4.40. The van der Waals surface area contributed by atoms with Crippen LogP contribution in [0, 0.1) is 0 Å². The van der Waals surface area contributed by atoms with E-state index >= 15 is 0 Å². The lowest BCUT2D eigenvalue weighted by atomic mass is 10.2. The lowest BCUT2D eigenvalue weighted by Crippen LogP contribution is -2.34. The molecule has 0 unspecified atom stereocenters. The third-order valence-corrected chi connectivity index (χ3v) is 5.26. The van der Waals surface area contributed by atoms with Gasteiger partial charge in [0.05, 0.1) is 21.9 Å². The Balaban J connectivity index is 1.62. The Morgan fingerprint density at radius 2 is 1.59 bits per heavy atom. The monoisotopic (exact) mass is 446 g/mol. The molecule has 0 aliphatic heterocycles. The molecule has 162 valence electrons. The number of benzene rings is 2. The van der Waals surface area contributed by atoms with E-state index in [4.69, 9.17) is 0 Å². The first-order valence-corrected chi connectivity index (χ1v) is 10.9. The second kappa shape index (κ2) is 9.44. The zero-order valence-electron chi connectivity index (χ0n) is 17.6. The Morgan fingerprint density at radius 3 is 2.25 bits per heavy atom. The number of carbonyl (C=O) groups excluding carboxylic acids is 2. The molecule has 0 aliphatic carbocycles. The maximum Gasteiger partial charge on any atom is 0.319 e. The van der Waals surface area contributed by atoms with Gasteiger partial charge < -0.3 is 16.0 Å². The Hall–Kier alpha value is -3.98. The van der Waals surface area contributed by atoms with Crippen LogP contribution in [-0.2, 0) is 0 Å². The van der Waals surface area contributed by atoms with Gasteiger partial charge in [0.2, 0.25) is 5.82 Å². The van der Waals surface area contributed by atoms with Gasteiger partial charge in [-0.05, 0) is 49.6 Å². The summed E-state index contributed by atoms with van der Waals surface area (Å²) in [4.78, 5) is 30.5. The van der Waals surface area contributed by atoms with E-state index in [1.807, 2.05) is 61.7 Å². The maximum atomic E-state index is 13.0. The van der Waals surface area contributed by atoms with Crippen molar-refractivity contribution in [3.05, 3.63) is 77.9 Å². The first-order valence-electron chi connectivity index (χ1n) is 10.1. The van der Waals surface area contributed by atoms with Crippen molar-refractivity contribution < 1.29 is 9.59 Å². The topological polar surface area (TPSA) is 101 Å². The van der Waals surface area contributed by atoms with Gasteiger partial charge in [-0.25, -0.2) is 14.5 Å². The van der Waals surface area contributed by atoms with Crippen molar-refractivity contribution in [3.8, 4) is 16.4 Å². The van der Waals surface area contributed by atoms with Gasteiger partial charge in [-0.1, -0.05) is 36.4 Å². The number of nitrogens with zero attached hydrogens (tertiary/aromatic N) is 3. The van der Waals surface area contributed by atoms with Crippen LogP contribution in [0.3, 0.4) is 0 Å². The summed E-state index contributed by atoms with van der Waals surface area (Å²) < 4.78 is 1.65. The summed E-state index contributed by atoms with van der Waals surface area (Å²) in [5.41, 5.74) is 1.72. The molecule has 0 bridgehead atoms. The van der Waals surface area contributed by atoms with E-state index < -0.39 is 5.91 Å². The molecule has 3 N–H and O–H groups in total. The van der Waals surface area contributed by atoms with Gasteiger partial charge in [-0.3, -0.25) is 4.79 Å². The van der Waals surface area contributed by atoms with Crippen LogP contribution in [0.15, 0.2) is 72.1 Å². The summed E-state index contributed by atoms with van der Waals surface area (Å²) in [5.74, 6) is 0.133. The number of carbonyl (C=O) groups is 2. The minimum absolute atomic E-state index is 0.0152. The number of nitrogens with one attached hydrogen (secondary N) is 3. The van der Waals surface area contributed by atoms with Crippen molar-refractivity contribution in [2.75, 3.05) is 10.6 Å². The molecule has 9 heteroatoms. The lowest BCUT2D eigenvalue weighted by molar-refractivity contribution is 0.101. The summed E-state index contributed by atoms with van der Waals surface area (Å²) in [6, 6.07) is 20.0. The fourth-order valence-electron chi connectivity index (χ4n) is 3.02. The van der Waals surface area contributed by atoms with E-state index in [-0.39, 0.29) is 17.9 Å². The van der Waals surface area contributed by atoms with Crippen molar-refractivity contribution in [3.63, 3.8) is 0 Å². The van der Waals surface area contributed by atoms with E-state index in [1.54, 1.807) is 28.9 Å². The fourth-order valence-corrected chi connectivity index (χ4v) is 3.72. The van der Waals surface area contributed by atoms with Gasteiger partial charge in [0.1, 0.15) is 0 Å². The van der Waals surface area contributed by atoms with E-state index in [0.29, 0.717) is 17.2 Å². The van der Waals surface area contributed by atoms with E-state index in [9.17, 15) is 9.59 Å². The van der Waals surface area contributed by atoms with E-state index in [2.05, 4.69) is 26.0 Å². The van der Waals surface area contributed by atoms with Gasteiger partial charge >= 0.3 is 6.03 Å². The smallest absolute Gasteiger partial charge is 0.319 e. The van der Waals surface area contributed by atoms with Crippen molar-refractivity contribution in [2.24, 2.45) is 0 Å². The van der Waals surface area contributed by atoms with Gasteiger partial charge in [-0.2, -0.15) is 0 Å². The summed E-state index contributed by atoms with van der Waals surface area (Å²) in [6.07, 6.45) is 0. The highest BCUT2D eigenvalue weighted by Gasteiger charge is 2.20. The second-order valence-electron chi connectivity index (χ2n) is 7.24. The summed E-state index contributed by atoms with van der Waals surface area (Å²) >= 11 is 1.52. The van der Waals surface area contributed by atoms with Gasteiger partial charge in [0.15, 0.2) is 5.82 Å². The summed E-state index contributed by atoms with van der Waals surface area (Å²) in [6.45, 7) is 3.74.